The fourth-order valence-electron chi connectivity index (χ4n) is 1.10. The van der Waals surface area contributed by atoms with Crippen LogP contribution in [0.3, 0.4) is 0 Å². The number of alkyl halides is 2. The molecule has 0 aliphatic rings. The maximum absolute atomic E-state index is 11.9. The number of sulfonamides is 1. The zero-order valence-corrected chi connectivity index (χ0v) is 9.80. The first-order valence-electron chi connectivity index (χ1n) is 4.61. The van der Waals surface area contributed by atoms with E-state index in [-0.39, 0.29) is 16.3 Å². The van der Waals surface area contributed by atoms with Crippen molar-refractivity contribution in [1.82, 2.24) is 4.72 Å². The second kappa shape index (κ2) is 5.28. The van der Waals surface area contributed by atoms with Crippen LogP contribution in [0.1, 0.15) is 0 Å². The number of halogens is 2. The maximum Gasteiger partial charge on any atom is 0.272 e. The molecular formula is C9H12F2N2O3S. The topological polar surface area (TPSA) is 81.4 Å². The highest BCUT2D eigenvalue weighted by Gasteiger charge is 2.14. The molecule has 0 heterocycles. The van der Waals surface area contributed by atoms with Crippen LogP contribution in [0, 0.1) is 0 Å². The predicted molar refractivity (Wildman–Crippen MR) is 58.6 cm³/mol. The number of anilines is 1. The van der Waals surface area contributed by atoms with Gasteiger partial charge in [0.15, 0.2) is 0 Å². The zero-order valence-electron chi connectivity index (χ0n) is 8.98. The Bertz CT molecular complexity index is 491. The van der Waals surface area contributed by atoms with E-state index in [1.54, 1.807) is 0 Å². The molecule has 0 aliphatic heterocycles. The quantitative estimate of drug-likeness (QED) is 0.773. The standard InChI is InChI=1S/C9H12F2N2O3S/c1-13-17(14,15)6-2-3-8(7(12)4-6)16-5-9(10)11/h2-4,9,13H,5,12H2,1H3. The van der Waals surface area contributed by atoms with E-state index in [9.17, 15) is 17.2 Å². The van der Waals surface area contributed by atoms with Crippen molar-refractivity contribution in [3.63, 3.8) is 0 Å². The van der Waals surface area contributed by atoms with E-state index in [1.165, 1.54) is 19.2 Å². The average Bonchev–Trinajstić information content (AvgIpc) is 2.27. The minimum absolute atomic E-state index is 0.0121. The van der Waals surface area contributed by atoms with Crippen LogP contribution >= 0.6 is 0 Å². The van der Waals surface area contributed by atoms with Crippen LogP contribution in [-0.4, -0.2) is 28.5 Å². The first-order valence-corrected chi connectivity index (χ1v) is 6.09. The molecule has 0 atom stereocenters. The molecule has 0 fully saturated rings. The molecule has 0 unspecified atom stereocenters. The Kier molecular flexibility index (Phi) is 4.24. The first kappa shape index (κ1) is 13.7. The lowest BCUT2D eigenvalue weighted by molar-refractivity contribution is 0.0822. The Hall–Kier alpha value is -1.41. The first-order chi connectivity index (χ1) is 7.86. The summed E-state index contributed by atoms with van der Waals surface area (Å²) < 4.78 is 53.4. The van der Waals surface area contributed by atoms with Crippen molar-refractivity contribution in [2.75, 3.05) is 19.4 Å². The predicted octanol–water partition coefficient (Wildman–Crippen LogP) is 0.821. The van der Waals surface area contributed by atoms with Gasteiger partial charge in [-0.3, -0.25) is 0 Å². The summed E-state index contributed by atoms with van der Waals surface area (Å²) in [5.41, 5.74) is 5.48. The third-order valence-corrected chi connectivity index (χ3v) is 3.34. The molecule has 0 amide bonds. The van der Waals surface area contributed by atoms with E-state index in [4.69, 9.17) is 10.5 Å². The highest BCUT2D eigenvalue weighted by Crippen LogP contribution is 2.24. The average molecular weight is 266 g/mol. The molecule has 0 bridgehead atoms. The van der Waals surface area contributed by atoms with Gasteiger partial charge in [0, 0.05) is 0 Å². The van der Waals surface area contributed by atoms with Crippen LogP contribution in [-0.2, 0) is 10.0 Å². The molecule has 1 aromatic rings. The van der Waals surface area contributed by atoms with Crippen LogP contribution in [0.25, 0.3) is 0 Å². The lowest BCUT2D eigenvalue weighted by Crippen LogP contribution is -2.18. The fourth-order valence-corrected chi connectivity index (χ4v) is 1.86. The number of nitrogen functional groups attached to an aromatic ring is 1. The molecule has 0 spiro atoms. The summed E-state index contributed by atoms with van der Waals surface area (Å²) in [5, 5.41) is 0. The molecular weight excluding hydrogens is 254 g/mol. The Labute approximate surface area is 97.6 Å². The van der Waals surface area contributed by atoms with Crippen molar-refractivity contribution in [3.8, 4) is 5.75 Å². The molecule has 0 saturated carbocycles. The number of nitrogens with two attached hydrogens (primary N) is 1. The Balaban J connectivity index is 2.94. The van der Waals surface area contributed by atoms with Gasteiger partial charge in [0.05, 0.1) is 10.6 Å². The lowest BCUT2D eigenvalue weighted by atomic mass is 10.3. The van der Waals surface area contributed by atoms with Gasteiger partial charge in [0.25, 0.3) is 6.43 Å². The van der Waals surface area contributed by atoms with Crippen molar-refractivity contribution >= 4 is 15.7 Å². The molecule has 3 N–H and O–H groups in total. The van der Waals surface area contributed by atoms with Gasteiger partial charge < -0.3 is 10.5 Å². The molecule has 5 nitrogen and oxygen atoms in total. The summed E-state index contributed by atoms with van der Waals surface area (Å²) in [6.45, 7) is -0.789. The van der Waals surface area contributed by atoms with Crippen LogP contribution in [0.4, 0.5) is 14.5 Å². The summed E-state index contributed by atoms with van der Waals surface area (Å²) >= 11 is 0. The van der Waals surface area contributed by atoms with Gasteiger partial charge in [-0.2, -0.15) is 0 Å². The molecule has 0 aliphatic carbocycles. The normalized spacial score (nSPS) is 11.8. The van der Waals surface area contributed by atoms with Crippen LogP contribution in [0.5, 0.6) is 5.75 Å². The Morgan fingerprint density at radius 1 is 1.47 bits per heavy atom. The van der Waals surface area contributed by atoms with Gasteiger partial charge in [-0.25, -0.2) is 21.9 Å². The number of hydrogen-bond donors (Lipinski definition) is 2. The van der Waals surface area contributed by atoms with Crippen LogP contribution in [0.15, 0.2) is 23.1 Å². The van der Waals surface area contributed by atoms with Crippen molar-refractivity contribution in [1.29, 1.82) is 0 Å². The number of hydrogen-bond acceptors (Lipinski definition) is 4. The summed E-state index contributed by atoms with van der Waals surface area (Å²) in [4.78, 5) is -0.0538. The number of benzene rings is 1. The number of ether oxygens (including phenoxy) is 1. The van der Waals surface area contributed by atoms with Gasteiger partial charge in [0.2, 0.25) is 10.0 Å². The smallest absolute Gasteiger partial charge is 0.272 e. The number of rotatable bonds is 5. The van der Waals surface area contributed by atoms with E-state index < -0.39 is 23.1 Å². The van der Waals surface area contributed by atoms with Crippen molar-refractivity contribution in [2.24, 2.45) is 0 Å². The second-order valence-electron chi connectivity index (χ2n) is 3.11. The number of nitrogens with one attached hydrogen (secondary N) is 1. The van der Waals surface area contributed by atoms with E-state index in [0.29, 0.717) is 0 Å². The van der Waals surface area contributed by atoms with Gasteiger partial charge in [-0.1, -0.05) is 0 Å². The summed E-state index contributed by atoms with van der Waals surface area (Å²) in [7, 11) is -2.35. The summed E-state index contributed by atoms with van der Waals surface area (Å²) in [5.74, 6) is 0.0281. The third kappa shape index (κ3) is 3.53. The maximum atomic E-state index is 11.9. The van der Waals surface area contributed by atoms with E-state index in [2.05, 4.69) is 4.72 Å². The van der Waals surface area contributed by atoms with E-state index in [1.807, 2.05) is 0 Å². The van der Waals surface area contributed by atoms with Gasteiger partial charge in [-0.05, 0) is 25.2 Å². The molecule has 0 radical (unpaired) electrons. The molecule has 1 rings (SSSR count). The summed E-state index contributed by atoms with van der Waals surface area (Å²) in [6.07, 6.45) is -2.62. The zero-order chi connectivity index (χ0) is 13.1. The SMILES string of the molecule is CNS(=O)(=O)c1ccc(OCC(F)F)c(N)c1. The lowest BCUT2D eigenvalue weighted by Gasteiger charge is -2.10. The minimum atomic E-state index is -3.60. The molecule has 1 aromatic carbocycles. The Morgan fingerprint density at radius 2 is 2.12 bits per heavy atom. The van der Waals surface area contributed by atoms with Crippen LogP contribution < -0.4 is 15.2 Å². The van der Waals surface area contributed by atoms with E-state index in [0.717, 1.165) is 6.07 Å². The molecule has 96 valence electrons. The van der Waals surface area contributed by atoms with Crippen LogP contribution in [0.2, 0.25) is 0 Å². The van der Waals surface area contributed by atoms with Gasteiger partial charge >= 0.3 is 0 Å². The molecule has 0 saturated heterocycles. The summed E-state index contributed by atoms with van der Waals surface area (Å²) in [6, 6.07) is 3.61. The van der Waals surface area contributed by atoms with Gasteiger partial charge in [0.1, 0.15) is 12.4 Å². The van der Waals surface area contributed by atoms with Crippen molar-refractivity contribution in [2.45, 2.75) is 11.3 Å². The Morgan fingerprint density at radius 3 is 2.59 bits per heavy atom. The monoisotopic (exact) mass is 266 g/mol. The molecule has 0 aromatic heterocycles. The molecule has 17 heavy (non-hydrogen) atoms. The second-order valence-corrected chi connectivity index (χ2v) is 5.00. The fraction of sp³-hybridized carbons (Fsp3) is 0.333. The largest absolute Gasteiger partial charge is 0.485 e. The van der Waals surface area contributed by atoms with E-state index >= 15 is 0 Å². The van der Waals surface area contributed by atoms with Crippen molar-refractivity contribution < 1.29 is 21.9 Å². The highest BCUT2D eigenvalue weighted by atomic mass is 32.2. The highest BCUT2D eigenvalue weighted by molar-refractivity contribution is 7.89. The third-order valence-electron chi connectivity index (χ3n) is 1.93. The van der Waals surface area contributed by atoms with Gasteiger partial charge in [-0.15, -0.1) is 0 Å². The minimum Gasteiger partial charge on any atom is -0.485 e. The molecule has 8 heteroatoms. The van der Waals surface area contributed by atoms with Crippen molar-refractivity contribution in [3.05, 3.63) is 18.2 Å².